The SMILES string of the molecule is CC[C@@H](C(=O)NC)N(Cc1ccc(C)cc1)C(=O)CN(c1ccc(Br)cc1)S(C)(=O)=O. The summed E-state index contributed by atoms with van der Waals surface area (Å²) in [6.45, 7) is 3.58. The molecule has 2 amide bonds. The highest BCUT2D eigenvalue weighted by atomic mass is 79.9. The van der Waals surface area contributed by atoms with Crippen LogP contribution in [0.25, 0.3) is 0 Å². The quantitative estimate of drug-likeness (QED) is 0.562. The molecule has 2 aromatic rings. The standard InChI is InChI=1S/C22H28BrN3O4S/c1-5-20(22(28)24-3)25(14-17-8-6-16(2)7-9-17)21(27)15-26(31(4,29)30)19-12-10-18(23)11-13-19/h6-13,20H,5,14-15H2,1-4H3,(H,24,28)/t20-/m0/s1. The van der Waals surface area contributed by atoms with Gasteiger partial charge in [0.1, 0.15) is 12.6 Å². The van der Waals surface area contributed by atoms with Gasteiger partial charge in [0, 0.05) is 18.1 Å². The lowest BCUT2D eigenvalue weighted by molar-refractivity contribution is -0.140. The van der Waals surface area contributed by atoms with Crippen molar-refractivity contribution in [3.8, 4) is 0 Å². The summed E-state index contributed by atoms with van der Waals surface area (Å²) >= 11 is 3.33. The molecule has 2 aromatic carbocycles. The molecule has 0 saturated carbocycles. The number of carbonyl (C=O) groups excluding carboxylic acids is 2. The number of likely N-dealkylation sites (N-methyl/N-ethyl adjacent to an activating group) is 1. The summed E-state index contributed by atoms with van der Waals surface area (Å²) in [6.07, 6.45) is 1.46. The fourth-order valence-corrected chi connectivity index (χ4v) is 4.31. The Morgan fingerprint density at radius 2 is 1.65 bits per heavy atom. The summed E-state index contributed by atoms with van der Waals surface area (Å²) in [4.78, 5) is 27.3. The van der Waals surface area contributed by atoms with Gasteiger partial charge in [0.25, 0.3) is 0 Å². The van der Waals surface area contributed by atoms with E-state index < -0.39 is 28.5 Å². The first-order chi connectivity index (χ1) is 14.6. The van der Waals surface area contributed by atoms with Crippen LogP contribution in [0.1, 0.15) is 24.5 Å². The summed E-state index contributed by atoms with van der Waals surface area (Å²) < 4.78 is 26.8. The third-order valence-corrected chi connectivity index (χ3v) is 6.57. The fourth-order valence-electron chi connectivity index (χ4n) is 3.20. The highest BCUT2D eigenvalue weighted by Gasteiger charge is 2.31. The van der Waals surface area contributed by atoms with Gasteiger partial charge in [0.15, 0.2) is 0 Å². The molecule has 0 unspecified atom stereocenters. The first kappa shape index (κ1) is 24.9. The van der Waals surface area contributed by atoms with E-state index in [4.69, 9.17) is 0 Å². The van der Waals surface area contributed by atoms with Gasteiger partial charge in [-0.3, -0.25) is 13.9 Å². The molecular weight excluding hydrogens is 482 g/mol. The van der Waals surface area contributed by atoms with Gasteiger partial charge in [-0.2, -0.15) is 0 Å². The minimum Gasteiger partial charge on any atom is -0.357 e. The van der Waals surface area contributed by atoms with Crippen LogP contribution in [0.3, 0.4) is 0 Å². The monoisotopic (exact) mass is 509 g/mol. The Morgan fingerprint density at radius 1 is 1.06 bits per heavy atom. The number of nitrogens with one attached hydrogen (secondary N) is 1. The Labute approximate surface area is 192 Å². The van der Waals surface area contributed by atoms with E-state index in [1.54, 1.807) is 24.3 Å². The zero-order valence-electron chi connectivity index (χ0n) is 18.1. The molecule has 0 bridgehead atoms. The number of halogens is 1. The Kier molecular flexibility index (Phi) is 8.64. The van der Waals surface area contributed by atoms with Crippen molar-refractivity contribution >= 4 is 43.5 Å². The van der Waals surface area contributed by atoms with Gasteiger partial charge in [0.2, 0.25) is 21.8 Å². The number of anilines is 1. The van der Waals surface area contributed by atoms with E-state index >= 15 is 0 Å². The molecule has 1 atom stereocenters. The molecule has 2 rings (SSSR count). The minimum atomic E-state index is -3.73. The number of carbonyl (C=O) groups is 2. The highest BCUT2D eigenvalue weighted by Crippen LogP contribution is 2.22. The molecule has 0 fully saturated rings. The van der Waals surface area contributed by atoms with Crippen molar-refractivity contribution in [2.24, 2.45) is 0 Å². The Morgan fingerprint density at radius 3 is 2.13 bits per heavy atom. The van der Waals surface area contributed by atoms with Gasteiger partial charge < -0.3 is 10.2 Å². The molecule has 0 heterocycles. The van der Waals surface area contributed by atoms with Crippen LogP contribution in [0.5, 0.6) is 0 Å². The number of aryl methyl sites for hydroxylation is 1. The van der Waals surface area contributed by atoms with Crippen molar-refractivity contribution in [3.05, 3.63) is 64.1 Å². The van der Waals surface area contributed by atoms with Crippen LogP contribution in [-0.4, -0.2) is 51.0 Å². The van der Waals surface area contributed by atoms with Crippen molar-refractivity contribution in [2.75, 3.05) is 24.2 Å². The van der Waals surface area contributed by atoms with E-state index in [9.17, 15) is 18.0 Å². The summed E-state index contributed by atoms with van der Waals surface area (Å²) in [5.41, 5.74) is 2.32. The van der Waals surface area contributed by atoms with E-state index in [2.05, 4.69) is 21.2 Å². The Hall–Kier alpha value is -2.39. The topological polar surface area (TPSA) is 86.8 Å². The number of benzene rings is 2. The van der Waals surface area contributed by atoms with Crippen LogP contribution in [0.4, 0.5) is 5.69 Å². The summed E-state index contributed by atoms with van der Waals surface area (Å²) in [5, 5.41) is 2.60. The van der Waals surface area contributed by atoms with E-state index in [1.165, 1.54) is 11.9 Å². The number of amides is 2. The van der Waals surface area contributed by atoms with E-state index in [1.807, 2.05) is 38.1 Å². The van der Waals surface area contributed by atoms with Crippen molar-refractivity contribution in [3.63, 3.8) is 0 Å². The van der Waals surface area contributed by atoms with Gasteiger partial charge in [0.05, 0.1) is 11.9 Å². The molecule has 31 heavy (non-hydrogen) atoms. The van der Waals surface area contributed by atoms with E-state index in [0.717, 1.165) is 26.2 Å². The number of rotatable bonds is 9. The predicted molar refractivity (Wildman–Crippen MR) is 126 cm³/mol. The molecule has 0 aliphatic heterocycles. The van der Waals surface area contributed by atoms with Crippen molar-refractivity contribution < 1.29 is 18.0 Å². The van der Waals surface area contributed by atoms with Gasteiger partial charge in [-0.05, 0) is 43.2 Å². The zero-order chi connectivity index (χ0) is 23.2. The summed E-state index contributed by atoms with van der Waals surface area (Å²) in [6, 6.07) is 13.6. The van der Waals surface area contributed by atoms with Crippen LogP contribution in [0.2, 0.25) is 0 Å². The summed E-state index contributed by atoms with van der Waals surface area (Å²) in [5.74, 6) is -0.748. The smallest absolute Gasteiger partial charge is 0.244 e. The van der Waals surface area contributed by atoms with Crippen molar-refractivity contribution in [1.29, 1.82) is 0 Å². The maximum atomic E-state index is 13.4. The first-order valence-corrected chi connectivity index (χ1v) is 12.5. The van der Waals surface area contributed by atoms with Crippen molar-refractivity contribution in [1.82, 2.24) is 10.2 Å². The first-order valence-electron chi connectivity index (χ1n) is 9.86. The normalized spacial score (nSPS) is 12.2. The van der Waals surface area contributed by atoms with E-state index in [0.29, 0.717) is 12.1 Å². The Bertz CT molecular complexity index is 1010. The molecule has 9 heteroatoms. The van der Waals surface area contributed by atoms with Gasteiger partial charge >= 0.3 is 0 Å². The minimum absolute atomic E-state index is 0.197. The Balaban J connectivity index is 2.40. The lowest BCUT2D eigenvalue weighted by Crippen LogP contribution is -2.51. The molecule has 168 valence electrons. The number of hydrogen-bond acceptors (Lipinski definition) is 4. The second kappa shape index (κ2) is 10.8. The average molecular weight is 510 g/mol. The average Bonchev–Trinajstić information content (AvgIpc) is 2.72. The van der Waals surface area contributed by atoms with Crippen LogP contribution in [0.15, 0.2) is 53.0 Å². The van der Waals surface area contributed by atoms with Crippen LogP contribution in [-0.2, 0) is 26.2 Å². The number of hydrogen-bond donors (Lipinski definition) is 1. The second-order valence-corrected chi connectivity index (χ2v) is 10.1. The predicted octanol–water partition coefficient (Wildman–Crippen LogP) is 3.08. The molecule has 0 saturated heterocycles. The largest absolute Gasteiger partial charge is 0.357 e. The lowest BCUT2D eigenvalue weighted by atomic mass is 10.1. The maximum Gasteiger partial charge on any atom is 0.244 e. The molecule has 7 nitrogen and oxygen atoms in total. The molecule has 1 N–H and O–H groups in total. The van der Waals surface area contributed by atoms with Crippen LogP contribution in [0, 0.1) is 6.92 Å². The van der Waals surface area contributed by atoms with Crippen molar-refractivity contribution in [2.45, 2.75) is 32.9 Å². The third kappa shape index (κ3) is 6.80. The van der Waals surface area contributed by atoms with Crippen LogP contribution < -0.4 is 9.62 Å². The van der Waals surface area contributed by atoms with E-state index in [-0.39, 0.29) is 12.5 Å². The van der Waals surface area contributed by atoms with Gasteiger partial charge in [-0.15, -0.1) is 0 Å². The lowest BCUT2D eigenvalue weighted by Gasteiger charge is -2.32. The third-order valence-electron chi connectivity index (χ3n) is 4.90. The molecule has 0 spiro atoms. The number of sulfonamides is 1. The summed E-state index contributed by atoms with van der Waals surface area (Å²) in [7, 11) is -2.21. The van der Waals surface area contributed by atoms with Gasteiger partial charge in [-0.1, -0.05) is 52.7 Å². The highest BCUT2D eigenvalue weighted by molar-refractivity contribution is 9.10. The fraction of sp³-hybridized carbons (Fsp3) is 0.364. The second-order valence-electron chi connectivity index (χ2n) is 7.29. The zero-order valence-corrected chi connectivity index (χ0v) is 20.5. The van der Waals surface area contributed by atoms with Gasteiger partial charge in [-0.25, -0.2) is 8.42 Å². The maximum absolute atomic E-state index is 13.4. The molecule has 0 aliphatic rings. The molecule has 0 aromatic heterocycles. The molecule has 0 radical (unpaired) electrons. The number of nitrogens with zero attached hydrogens (tertiary/aromatic N) is 2. The molecule has 0 aliphatic carbocycles. The molecular formula is C22H28BrN3O4S. The van der Waals surface area contributed by atoms with Crippen LogP contribution >= 0.6 is 15.9 Å².